The van der Waals surface area contributed by atoms with Crippen LogP contribution in [0, 0.1) is 10.7 Å². The maximum atomic E-state index is 6.01. The number of H-pyrrole nitrogens is 1. The van der Waals surface area contributed by atoms with Crippen molar-refractivity contribution in [3.63, 3.8) is 0 Å². The van der Waals surface area contributed by atoms with Crippen molar-refractivity contribution in [2.45, 2.75) is 38.8 Å². The second-order valence-corrected chi connectivity index (χ2v) is 6.66. The molecule has 1 aliphatic carbocycles. The average molecular weight is 301 g/mol. The van der Waals surface area contributed by atoms with Gasteiger partial charge >= 0.3 is 0 Å². The van der Waals surface area contributed by atoms with Crippen LogP contribution in [0.25, 0.3) is 0 Å². The molecule has 0 aromatic carbocycles. The molecule has 3 heterocycles. The van der Waals surface area contributed by atoms with E-state index in [4.69, 9.17) is 16.6 Å². The molecule has 5 heteroatoms. The van der Waals surface area contributed by atoms with Crippen LogP contribution >= 0.6 is 12.2 Å². The fourth-order valence-corrected chi connectivity index (χ4v) is 3.33. The lowest BCUT2D eigenvalue weighted by Gasteiger charge is -2.27. The molecule has 21 heavy (non-hydrogen) atoms. The Balaban J connectivity index is 1.45. The molecule has 1 N–H and O–H groups in total. The van der Waals surface area contributed by atoms with Gasteiger partial charge in [0, 0.05) is 42.9 Å². The van der Waals surface area contributed by atoms with E-state index in [0.717, 1.165) is 37.7 Å². The van der Waals surface area contributed by atoms with E-state index in [1.165, 1.54) is 23.4 Å². The molecule has 0 amide bonds. The molecule has 4 rings (SSSR count). The van der Waals surface area contributed by atoms with Gasteiger partial charge in [0.25, 0.3) is 0 Å². The molecular formula is C16H19N3OS. The first-order valence-corrected chi connectivity index (χ1v) is 7.98. The fourth-order valence-electron chi connectivity index (χ4n) is 3.16. The van der Waals surface area contributed by atoms with Gasteiger partial charge < -0.3 is 9.40 Å². The van der Waals surface area contributed by atoms with Crippen molar-refractivity contribution in [1.29, 1.82) is 0 Å². The Morgan fingerprint density at radius 1 is 1.48 bits per heavy atom. The molecule has 1 saturated carbocycles. The van der Waals surface area contributed by atoms with Gasteiger partial charge in [0.05, 0.1) is 6.54 Å². The molecule has 110 valence electrons. The molecule has 2 aliphatic rings. The molecule has 1 fully saturated rings. The minimum Gasteiger partial charge on any atom is -0.464 e. The first-order valence-electron chi connectivity index (χ1n) is 7.57. The van der Waals surface area contributed by atoms with Crippen LogP contribution in [0.5, 0.6) is 0 Å². The van der Waals surface area contributed by atoms with Crippen LogP contribution < -0.4 is 0 Å². The quantitative estimate of drug-likeness (QED) is 0.882. The first-order chi connectivity index (χ1) is 10.2. The molecule has 0 bridgehead atoms. The topological polar surface area (TPSA) is 45.1 Å². The Morgan fingerprint density at radius 3 is 3.14 bits per heavy atom. The maximum absolute atomic E-state index is 6.01. The summed E-state index contributed by atoms with van der Waals surface area (Å²) in [7, 11) is 0. The number of fused-ring (bicyclic) bond motifs is 1. The van der Waals surface area contributed by atoms with Crippen molar-refractivity contribution in [3.8, 4) is 0 Å². The maximum Gasteiger partial charge on any atom is 0.196 e. The third-order valence-electron chi connectivity index (χ3n) is 4.59. The lowest BCUT2D eigenvalue weighted by atomic mass is 10.1. The summed E-state index contributed by atoms with van der Waals surface area (Å²) in [6.07, 6.45) is 4.17. The van der Waals surface area contributed by atoms with E-state index >= 15 is 0 Å². The standard InChI is InChI=1S/C16H19N3OS/c1-10-6-13(10)15-3-2-12(20-15)9-19-5-4-14-11(8-19)7-17-16(21)18-14/h2-3,7,10,13H,4-6,8-9H2,1H3,(H,17,18,21). The molecule has 0 spiro atoms. The van der Waals surface area contributed by atoms with Crippen molar-refractivity contribution in [2.24, 2.45) is 5.92 Å². The molecular weight excluding hydrogens is 282 g/mol. The normalized spacial score (nSPS) is 24.8. The van der Waals surface area contributed by atoms with Crippen LogP contribution in [0.3, 0.4) is 0 Å². The van der Waals surface area contributed by atoms with Crippen LogP contribution in [0.4, 0.5) is 0 Å². The number of aromatic nitrogens is 2. The highest BCUT2D eigenvalue weighted by Gasteiger charge is 2.36. The molecule has 1 aliphatic heterocycles. The van der Waals surface area contributed by atoms with Crippen molar-refractivity contribution >= 4 is 12.2 Å². The molecule has 4 nitrogen and oxygen atoms in total. The average Bonchev–Trinajstić information content (AvgIpc) is 3.02. The molecule has 2 aromatic heterocycles. The van der Waals surface area contributed by atoms with Crippen molar-refractivity contribution in [1.82, 2.24) is 14.9 Å². The van der Waals surface area contributed by atoms with Gasteiger partial charge in [-0.05, 0) is 36.7 Å². The summed E-state index contributed by atoms with van der Waals surface area (Å²) in [5, 5.41) is 0. The smallest absolute Gasteiger partial charge is 0.196 e. The number of rotatable bonds is 3. The number of nitrogens with one attached hydrogen (secondary N) is 1. The highest BCUT2D eigenvalue weighted by Crippen LogP contribution is 2.47. The van der Waals surface area contributed by atoms with E-state index in [1.807, 2.05) is 6.20 Å². The van der Waals surface area contributed by atoms with Gasteiger partial charge in [0.1, 0.15) is 11.5 Å². The van der Waals surface area contributed by atoms with Crippen molar-refractivity contribution in [3.05, 3.63) is 45.9 Å². The van der Waals surface area contributed by atoms with Crippen molar-refractivity contribution in [2.75, 3.05) is 6.54 Å². The SMILES string of the molecule is CC1CC1c1ccc(CN2CCc3[nH]c(=S)ncc3C2)o1. The Kier molecular flexibility index (Phi) is 3.19. The monoisotopic (exact) mass is 301 g/mol. The van der Waals surface area contributed by atoms with Crippen molar-refractivity contribution < 1.29 is 4.42 Å². The molecule has 0 saturated heterocycles. The van der Waals surface area contributed by atoms with E-state index in [1.54, 1.807) is 0 Å². The zero-order valence-electron chi connectivity index (χ0n) is 12.1. The summed E-state index contributed by atoms with van der Waals surface area (Å²) in [4.78, 5) is 9.79. The molecule has 2 atom stereocenters. The fraction of sp³-hybridized carbons (Fsp3) is 0.500. The molecule has 2 aromatic rings. The minimum atomic E-state index is 0.580. The number of hydrogen-bond acceptors (Lipinski definition) is 4. The van der Waals surface area contributed by atoms with Gasteiger partial charge in [-0.25, -0.2) is 4.98 Å². The summed E-state index contributed by atoms with van der Waals surface area (Å²) >= 11 is 5.08. The first kappa shape index (κ1) is 13.2. The lowest BCUT2D eigenvalue weighted by molar-refractivity contribution is 0.221. The Morgan fingerprint density at radius 2 is 2.33 bits per heavy atom. The zero-order chi connectivity index (χ0) is 14.4. The van der Waals surface area contributed by atoms with Gasteiger partial charge in [-0.2, -0.15) is 0 Å². The summed E-state index contributed by atoms with van der Waals surface area (Å²) in [5.74, 6) is 3.69. The Labute approximate surface area is 129 Å². The van der Waals surface area contributed by atoms with Gasteiger partial charge in [-0.15, -0.1) is 0 Å². The van der Waals surface area contributed by atoms with E-state index in [-0.39, 0.29) is 0 Å². The van der Waals surface area contributed by atoms with E-state index < -0.39 is 0 Å². The third kappa shape index (κ3) is 2.68. The highest BCUT2D eigenvalue weighted by molar-refractivity contribution is 7.71. The third-order valence-corrected chi connectivity index (χ3v) is 4.80. The van der Waals surface area contributed by atoms with Gasteiger partial charge in [-0.3, -0.25) is 4.90 Å². The molecule has 0 radical (unpaired) electrons. The van der Waals surface area contributed by atoms with Crippen LogP contribution in [-0.4, -0.2) is 21.4 Å². The highest BCUT2D eigenvalue weighted by atomic mass is 32.1. The number of furan rings is 1. The van der Waals surface area contributed by atoms with E-state index in [2.05, 4.69) is 33.9 Å². The largest absolute Gasteiger partial charge is 0.464 e. The van der Waals surface area contributed by atoms with Gasteiger partial charge in [0.2, 0.25) is 0 Å². The van der Waals surface area contributed by atoms with Gasteiger partial charge in [0.15, 0.2) is 4.77 Å². The zero-order valence-corrected chi connectivity index (χ0v) is 12.9. The van der Waals surface area contributed by atoms with E-state index in [0.29, 0.717) is 10.7 Å². The minimum absolute atomic E-state index is 0.580. The Hall–Kier alpha value is -1.46. The van der Waals surface area contributed by atoms with Crippen LogP contribution in [0.1, 0.15) is 42.0 Å². The number of aromatic amines is 1. The van der Waals surface area contributed by atoms with Crippen LogP contribution in [0.15, 0.2) is 22.7 Å². The summed E-state index contributed by atoms with van der Waals surface area (Å²) in [6.45, 7) is 5.09. The predicted octanol–water partition coefficient (Wildman–Crippen LogP) is 3.41. The lowest BCUT2D eigenvalue weighted by Crippen LogP contribution is -2.30. The second kappa shape index (κ2) is 5.07. The van der Waals surface area contributed by atoms with E-state index in [9.17, 15) is 0 Å². The summed E-state index contributed by atoms with van der Waals surface area (Å²) in [6, 6.07) is 4.28. The number of hydrogen-bond donors (Lipinski definition) is 1. The van der Waals surface area contributed by atoms with Gasteiger partial charge in [-0.1, -0.05) is 6.92 Å². The van der Waals surface area contributed by atoms with Crippen LogP contribution in [0.2, 0.25) is 0 Å². The summed E-state index contributed by atoms with van der Waals surface area (Å²) in [5.41, 5.74) is 2.48. The molecule has 2 unspecified atom stereocenters. The van der Waals surface area contributed by atoms with Crippen LogP contribution in [-0.2, 0) is 19.5 Å². The summed E-state index contributed by atoms with van der Waals surface area (Å²) < 4.78 is 6.59. The Bertz CT molecular complexity index is 720. The number of nitrogens with zero attached hydrogens (tertiary/aromatic N) is 2. The second-order valence-electron chi connectivity index (χ2n) is 6.28. The predicted molar refractivity (Wildman–Crippen MR) is 82.5 cm³/mol.